The maximum Gasteiger partial charge on any atom is 0.242 e. The Morgan fingerprint density at radius 1 is 1.53 bits per heavy atom. The second-order valence-electron chi connectivity index (χ2n) is 4.52. The number of piperidine rings is 1. The molecule has 1 aliphatic heterocycles. The summed E-state index contributed by atoms with van der Waals surface area (Å²) in [7, 11) is 0. The SMILES string of the molecule is O=C(Nc1ccc(F)c(Br)n1)[C@@H]1CC2CC2N1. The first-order valence-corrected chi connectivity index (χ1v) is 6.32. The van der Waals surface area contributed by atoms with Crippen molar-refractivity contribution in [3.05, 3.63) is 22.6 Å². The molecule has 0 bridgehead atoms. The largest absolute Gasteiger partial charge is 0.309 e. The van der Waals surface area contributed by atoms with Gasteiger partial charge in [0.1, 0.15) is 10.4 Å². The predicted molar refractivity (Wildman–Crippen MR) is 64.0 cm³/mol. The van der Waals surface area contributed by atoms with E-state index in [1.165, 1.54) is 18.6 Å². The van der Waals surface area contributed by atoms with Gasteiger partial charge < -0.3 is 10.6 Å². The number of rotatable bonds is 2. The number of halogens is 2. The Balaban J connectivity index is 1.65. The van der Waals surface area contributed by atoms with E-state index in [9.17, 15) is 9.18 Å². The molecule has 6 heteroatoms. The molecule has 2 heterocycles. The van der Waals surface area contributed by atoms with Crippen molar-refractivity contribution < 1.29 is 9.18 Å². The summed E-state index contributed by atoms with van der Waals surface area (Å²) in [4.78, 5) is 15.8. The van der Waals surface area contributed by atoms with Gasteiger partial charge in [-0.2, -0.15) is 0 Å². The summed E-state index contributed by atoms with van der Waals surface area (Å²) < 4.78 is 13.1. The Labute approximate surface area is 106 Å². The molecular weight excluding hydrogens is 289 g/mol. The minimum Gasteiger partial charge on any atom is -0.309 e. The van der Waals surface area contributed by atoms with E-state index in [0.717, 1.165) is 6.42 Å². The predicted octanol–water partition coefficient (Wildman–Crippen LogP) is 1.67. The van der Waals surface area contributed by atoms with Crippen LogP contribution in [0.3, 0.4) is 0 Å². The van der Waals surface area contributed by atoms with E-state index in [2.05, 4.69) is 31.5 Å². The van der Waals surface area contributed by atoms with Gasteiger partial charge in [-0.3, -0.25) is 4.79 Å². The van der Waals surface area contributed by atoms with Crippen LogP contribution in [0.1, 0.15) is 12.8 Å². The monoisotopic (exact) mass is 299 g/mol. The van der Waals surface area contributed by atoms with Crippen LogP contribution in [-0.4, -0.2) is 23.0 Å². The fraction of sp³-hybridized carbons (Fsp3) is 0.455. The third kappa shape index (κ3) is 2.19. The van der Waals surface area contributed by atoms with Gasteiger partial charge in [0, 0.05) is 6.04 Å². The lowest BCUT2D eigenvalue weighted by molar-refractivity contribution is -0.118. The summed E-state index contributed by atoms with van der Waals surface area (Å²) in [5, 5.41) is 5.93. The Morgan fingerprint density at radius 2 is 2.35 bits per heavy atom. The van der Waals surface area contributed by atoms with Gasteiger partial charge in [-0.1, -0.05) is 0 Å². The number of hydrogen-bond donors (Lipinski definition) is 2. The average Bonchev–Trinajstić information content (AvgIpc) is 2.91. The van der Waals surface area contributed by atoms with Gasteiger partial charge in [-0.15, -0.1) is 0 Å². The highest BCUT2D eigenvalue weighted by Crippen LogP contribution is 2.40. The van der Waals surface area contributed by atoms with Crippen molar-refractivity contribution >= 4 is 27.7 Å². The summed E-state index contributed by atoms with van der Waals surface area (Å²) in [6.07, 6.45) is 2.07. The summed E-state index contributed by atoms with van der Waals surface area (Å²) in [6.45, 7) is 0. The summed E-state index contributed by atoms with van der Waals surface area (Å²) in [5.74, 6) is 0.496. The van der Waals surface area contributed by atoms with Crippen LogP contribution in [-0.2, 0) is 4.79 Å². The van der Waals surface area contributed by atoms with Crippen LogP contribution in [0, 0.1) is 11.7 Å². The van der Waals surface area contributed by atoms with Crippen molar-refractivity contribution in [2.45, 2.75) is 24.9 Å². The third-order valence-electron chi connectivity index (χ3n) is 3.25. The second-order valence-corrected chi connectivity index (χ2v) is 5.27. The van der Waals surface area contributed by atoms with E-state index < -0.39 is 5.82 Å². The normalized spacial score (nSPS) is 29.9. The van der Waals surface area contributed by atoms with E-state index in [0.29, 0.717) is 17.8 Å². The summed E-state index contributed by atoms with van der Waals surface area (Å²) in [6, 6.07) is 3.11. The molecule has 2 N–H and O–H groups in total. The van der Waals surface area contributed by atoms with Crippen LogP contribution in [0.2, 0.25) is 0 Å². The Morgan fingerprint density at radius 3 is 3.00 bits per heavy atom. The molecule has 4 nitrogen and oxygen atoms in total. The smallest absolute Gasteiger partial charge is 0.242 e. The molecule has 1 aromatic heterocycles. The maximum atomic E-state index is 13.0. The fourth-order valence-electron chi connectivity index (χ4n) is 2.22. The summed E-state index contributed by atoms with van der Waals surface area (Å²) >= 11 is 2.98. The molecule has 0 aromatic carbocycles. The number of nitrogens with one attached hydrogen (secondary N) is 2. The van der Waals surface area contributed by atoms with Gasteiger partial charge in [0.2, 0.25) is 5.91 Å². The van der Waals surface area contributed by atoms with Crippen LogP contribution >= 0.6 is 15.9 Å². The molecule has 1 saturated carbocycles. The van der Waals surface area contributed by atoms with E-state index >= 15 is 0 Å². The van der Waals surface area contributed by atoms with Gasteiger partial charge in [0.15, 0.2) is 5.82 Å². The molecule has 90 valence electrons. The molecule has 2 unspecified atom stereocenters. The van der Waals surface area contributed by atoms with E-state index in [1.807, 2.05) is 0 Å². The lowest BCUT2D eigenvalue weighted by atomic mass is 10.2. The number of hydrogen-bond acceptors (Lipinski definition) is 3. The number of nitrogens with zero attached hydrogens (tertiary/aromatic N) is 1. The molecule has 17 heavy (non-hydrogen) atoms. The van der Waals surface area contributed by atoms with Gasteiger partial charge in [0.25, 0.3) is 0 Å². The first-order chi connectivity index (χ1) is 8.13. The highest BCUT2D eigenvalue weighted by atomic mass is 79.9. The van der Waals surface area contributed by atoms with Crippen LogP contribution < -0.4 is 10.6 Å². The zero-order valence-electron chi connectivity index (χ0n) is 8.91. The van der Waals surface area contributed by atoms with Crippen LogP contribution in [0.4, 0.5) is 10.2 Å². The molecule has 1 aliphatic carbocycles. The standard InChI is InChI=1S/C11H11BrFN3O/c12-10-6(13)1-2-9(15-10)16-11(17)8-4-5-3-7(5)14-8/h1-2,5,7-8,14H,3-4H2,(H,15,16,17)/t5?,7?,8-/m0/s1. The fourth-order valence-corrected chi connectivity index (χ4v) is 2.55. The van der Waals surface area contributed by atoms with Crippen molar-refractivity contribution in [3.8, 4) is 0 Å². The lowest BCUT2D eigenvalue weighted by Crippen LogP contribution is -2.38. The average molecular weight is 300 g/mol. The van der Waals surface area contributed by atoms with Crippen LogP contribution in [0.5, 0.6) is 0 Å². The zero-order valence-corrected chi connectivity index (χ0v) is 10.5. The van der Waals surface area contributed by atoms with E-state index in [4.69, 9.17) is 0 Å². The number of fused-ring (bicyclic) bond motifs is 1. The van der Waals surface area contributed by atoms with Crippen molar-refractivity contribution in [1.29, 1.82) is 0 Å². The van der Waals surface area contributed by atoms with Crippen LogP contribution in [0.15, 0.2) is 16.7 Å². The third-order valence-corrected chi connectivity index (χ3v) is 3.80. The minimum absolute atomic E-state index is 0.0943. The molecule has 1 amide bonds. The molecule has 2 fully saturated rings. The molecule has 0 radical (unpaired) electrons. The number of amides is 1. The molecule has 2 aliphatic rings. The number of aromatic nitrogens is 1. The quantitative estimate of drug-likeness (QED) is 0.817. The van der Waals surface area contributed by atoms with Crippen LogP contribution in [0.25, 0.3) is 0 Å². The Kier molecular flexibility index (Phi) is 2.63. The number of carbonyl (C=O) groups is 1. The summed E-state index contributed by atoms with van der Waals surface area (Å²) in [5.41, 5.74) is 0. The molecule has 3 rings (SSSR count). The van der Waals surface area contributed by atoms with Crippen molar-refractivity contribution in [2.75, 3.05) is 5.32 Å². The van der Waals surface area contributed by atoms with Gasteiger partial charge in [0.05, 0.1) is 6.04 Å². The number of carbonyl (C=O) groups excluding carboxylic acids is 1. The van der Waals surface area contributed by atoms with Crippen molar-refractivity contribution in [3.63, 3.8) is 0 Å². The number of anilines is 1. The number of pyridine rings is 1. The van der Waals surface area contributed by atoms with Gasteiger partial charge >= 0.3 is 0 Å². The first kappa shape index (κ1) is 11.1. The van der Waals surface area contributed by atoms with E-state index in [-0.39, 0.29) is 16.6 Å². The van der Waals surface area contributed by atoms with Crippen molar-refractivity contribution in [2.24, 2.45) is 5.92 Å². The molecular formula is C11H11BrFN3O. The Hall–Kier alpha value is -1.01. The highest BCUT2D eigenvalue weighted by molar-refractivity contribution is 9.10. The minimum atomic E-state index is -0.441. The molecule has 1 aromatic rings. The zero-order chi connectivity index (χ0) is 12.0. The topological polar surface area (TPSA) is 54.0 Å². The molecule has 3 atom stereocenters. The molecule has 1 saturated heterocycles. The first-order valence-electron chi connectivity index (χ1n) is 5.52. The maximum absolute atomic E-state index is 13.0. The highest BCUT2D eigenvalue weighted by Gasteiger charge is 2.47. The molecule has 0 spiro atoms. The Bertz CT molecular complexity index is 472. The second kappa shape index (κ2) is 4.03. The van der Waals surface area contributed by atoms with E-state index in [1.54, 1.807) is 0 Å². The van der Waals surface area contributed by atoms with Crippen molar-refractivity contribution in [1.82, 2.24) is 10.3 Å². The lowest BCUT2D eigenvalue weighted by Gasteiger charge is -2.12. The van der Waals surface area contributed by atoms with Gasteiger partial charge in [-0.25, -0.2) is 9.37 Å². The van der Waals surface area contributed by atoms with Gasteiger partial charge in [-0.05, 0) is 46.8 Å².